The molecule has 0 bridgehead atoms. The topological polar surface area (TPSA) is 110 Å². The second-order valence-corrected chi connectivity index (χ2v) is 4.21. The highest BCUT2D eigenvalue weighted by molar-refractivity contribution is 5.87. The van der Waals surface area contributed by atoms with Crippen LogP contribution in [0.1, 0.15) is 6.42 Å². The van der Waals surface area contributed by atoms with Crippen molar-refractivity contribution in [3.63, 3.8) is 0 Å². The number of likely N-dealkylation sites (tertiary alicyclic amines) is 1. The zero-order valence-corrected chi connectivity index (χ0v) is 10.3. The van der Waals surface area contributed by atoms with Crippen molar-refractivity contribution in [2.75, 3.05) is 27.2 Å². The molecule has 0 aromatic carbocycles. The van der Waals surface area contributed by atoms with Crippen molar-refractivity contribution < 1.29 is 24.6 Å². The van der Waals surface area contributed by atoms with Gasteiger partial charge in [0, 0.05) is 27.1 Å². The maximum Gasteiger partial charge on any atom is 0.326 e. The number of amides is 3. The van der Waals surface area contributed by atoms with Crippen LogP contribution in [-0.2, 0) is 9.59 Å². The second-order valence-electron chi connectivity index (χ2n) is 4.21. The lowest BCUT2D eigenvalue weighted by Gasteiger charge is -2.26. The summed E-state index contributed by atoms with van der Waals surface area (Å²) in [4.78, 5) is 36.2. The Hall–Kier alpha value is -1.83. The number of carbonyl (C=O) groups is 3. The number of aliphatic carboxylic acids is 1. The van der Waals surface area contributed by atoms with Gasteiger partial charge in [-0.15, -0.1) is 0 Å². The SMILES string of the molecule is CNC(=O)CN(C)C(=O)N1CC(O)CC1C(=O)O. The van der Waals surface area contributed by atoms with Gasteiger partial charge in [0.2, 0.25) is 5.91 Å². The van der Waals surface area contributed by atoms with Gasteiger partial charge in [0.1, 0.15) is 12.6 Å². The predicted molar refractivity (Wildman–Crippen MR) is 60.8 cm³/mol. The maximum absolute atomic E-state index is 12.0. The van der Waals surface area contributed by atoms with Crippen LogP contribution in [-0.4, -0.2) is 77.3 Å². The zero-order valence-electron chi connectivity index (χ0n) is 10.3. The molecule has 1 fully saturated rings. The highest BCUT2D eigenvalue weighted by atomic mass is 16.4. The number of aliphatic hydroxyl groups is 1. The monoisotopic (exact) mass is 259 g/mol. The number of carboxylic acid groups (broad SMARTS) is 1. The van der Waals surface area contributed by atoms with E-state index in [9.17, 15) is 19.5 Å². The zero-order chi connectivity index (χ0) is 13.9. The van der Waals surface area contributed by atoms with Gasteiger partial charge in [-0.3, -0.25) is 4.79 Å². The van der Waals surface area contributed by atoms with E-state index in [0.29, 0.717) is 0 Å². The Morgan fingerprint density at radius 2 is 2.06 bits per heavy atom. The molecule has 2 atom stereocenters. The molecule has 0 radical (unpaired) electrons. The maximum atomic E-state index is 12.0. The van der Waals surface area contributed by atoms with Gasteiger partial charge in [-0.2, -0.15) is 0 Å². The fraction of sp³-hybridized carbons (Fsp3) is 0.700. The number of carbonyl (C=O) groups excluding carboxylic acids is 2. The largest absolute Gasteiger partial charge is 0.480 e. The predicted octanol–water partition coefficient (Wildman–Crippen LogP) is -1.70. The van der Waals surface area contributed by atoms with E-state index in [0.717, 1.165) is 9.80 Å². The van der Waals surface area contributed by atoms with Crippen LogP contribution in [0.3, 0.4) is 0 Å². The van der Waals surface area contributed by atoms with E-state index >= 15 is 0 Å². The van der Waals surface area contributed by atoms with E-state index in [1.807, 2.05) is 0 Å². The molecule has 1 heterocycles. The quantitative estimate of drug-likeness (QED) is 0.560. The fourth-order valence-corrected chi connectivity index (χ4v) is 1.84. The molecule has 0 spiro atoms. The molecule has 0 aliphatic carbocycles. The van der Waals surface area contributed by atoms with Crippen LogP contribution >= 0.6 is 0 Å². The number of nitrogens with zero attached hydrogens (tertiary/aromatic N) is 2. The number of nitrogens with one attached hydrogen (secondary N) is 1. The van der Waals surface area contributed by atoms with Gasteiger partial charge in [0.25, 0.3) is 0 Å². The van der Waals surface area contributed by atoms with Gasteiger partial charge in [-0.05, 0) is 0 Å². The van der Waals surface area contributed by atoms with E-state index < -0.39 is 24.1 Å². The molecule has 3 amide bonds. The third-order valence-corrected chi connectivity index (χ3v) is 2.80. The van der Waals surface area contributed by atoms with Crippen molar-refractivity contribution >= 4 is 17.9 Å². The first-order valence-corrected chi connectivity index (χ1v) is 5.50. The molecule has 1 saturated heterocycles. The van der Waals surface area contributed by atoms with E-state index in [4.69, 9.17) is 5.11 Å². The number of hydrogen-bond acceptors (Lipinski definition) is 4. The molecule has 0 saturated carbocycles. The summed E-state index contributed by atoms with van der Waals surface area (Å²) in [7, 11) is 2.85. The van der Waals surface area contributed by atoms with Crippen LogP contribution in [0, 0.1) is 0 Å². The smallest absolute Gasteiger partial charge is 0.326 e. The summed E-state index contributed by atoms with van der Waals surface area (Å²) in [5.41, 5.74) is 0. The van der Waals surface area contributed by atoms with E-state index in [1.165, 1.54) is 14.1 Å². The molecule has 1 aliphatic heterocycles. The van der Waals surface area contributed by atoms with Crippen LogP contribution in [0.15, 0.2) is 0 Å². The first-order valence-electron chi connectivity index (χ1n) is 5.50. The van der Waals surface area contributed by atoms with Gasteiger partial charge in [-0.25, -0.2) is 9.59 Å². The molecule has 18 heavy (non-hydrogen) atoms. The minimum absolute atomic E-state index is 0.00882. The average Bonchev–Trinajstić information content (AvgIpc) is 2.70. The minimum atomic E-state index is -1.16. The number of rotatable bonds is 3. The van der Waals surface area contributed by atoms with Gasteiger partial charge in [0.05, 0.1) is 6.10 Å². The summed E-state index contributed by atoms with van der Waals surface area (Å²) in [6, 6.07) is -1.62. The Labute approximate surface area is 104 Å². The van der Waals surface area contributed by atoms with Crippen LogP contribution in [0.25, 0.3) is 0 Å². The van der Waals surface area contributed by atoms with Crippen LogP contribution < -0.4 is 5.32 Å². The van der Waals surface area contributed by atoms with Crippen LogP contribution in [0.2, 0.25) is 0 Å². The van der Waals surface area contributed by atoms with Crippen molar-refractivity contribution in [1.29, 1.82) is 0 Å². The number of aliphatic hydroxyl groups excluding tert-OH is 1. The summed E-state index contributed by atoms with van der Waals surface area (Å²) < 4.78 is 0. The number of likely N-dealkylation sites (N-methyl/N-ethyl adjacent to an activating group) is 2. The molecule has 1 rings (SSSR count). The van der Waals surface area contributed by atoms with Crippen LogP contribution in [0.4, 0.5) is 4.79 Å². The van der Waals surface area contributed by atoms with Gasteiger partial charge in [0.15, 0.2) is 0 Å². The molecule has 0 aromatic heterocycles. The summed E-state index contributed by atoms with van der Waals surface area (Å²) in [6.45, 7) is -0.192. The number of hydrogen-bond donors (Lipinski definition) is 3. The number of urea groups is 1. The Kier molecular flexibility index (Phi) is 4.49. The molecule has 3 N–H and O–H groups in total. The highest BCUT2D eigenvalue weighted by Gasteiger charge is 2.40. The lowest BCUT2D eigenvalue weighted by molar-refractivity contribution is -0.141. The third-order valence-electron chi connectivity index (χ3n) is 2.80. The Bertz CT molecular complexity index is 359. The molecule has 8 nitrogen and oxygen atoms in total. The molecule has 0 aromatic rings. The Balaban J connectivity index is 2.70. The molecular formula is C10H17N3O5. The Morgan fingerprint density at radius 3 is 2.56 bits per heavy atom. The van der Waals surface area contributed by atoms with Crippen LogP contribution in [0.5, 0.6) is 0 Å². The van der Waals surface area contributed by atoms with Gasteiger partial charge in [-0.1, -0.05) is 0 Å². The van der Waals surface area contributed by atoms with E-state index in [1.54, 1.807) is 0 Å². The lowest BCUT2D eigenvalue weighted by Crippen LogP contribution is -2.49. The van der Waals surface area contributed by atoms with E-state index in [2.05, 4.69) is 5.32 Å². The minimum Gasteiger partial charge on any atom is -0.480 e. The first-order chi connectivity index (χ1) is 8.36. The fourth-order valence-electron chi connectivity index (χ4n) is 1.84. The van der Waals surface area contributed by atoms with Crippen molar-refractivity contribution in [3.05, 3.63) is 0 Å². The van der Waals surface area contributed by atoms with Gasteiger partial charge >= 0.3 is 12.0 Å². The van der Waals surface area contributed by atoms with Crippen molar-refractivity contribution in [2.45, 2.75) is 18.6 Å². The third kappa shape index (κ3) is 3.10. The summed E-state index contributed by atoms with van der Waals surface area (Å²) in [5, 5.41) is 20.7. The average molecular weight is 259 g/mol. The summed E-state index contributed by atoms with van der Waals surface area (Å²) >= 11 is 0. The summed E-state index contributed by atoms with van der Waals surface area (Å²) in [5.74, 6) is -1.51. The molecule has 8 heteroatoms. The van der Waals surface area contributed by atoms with Crippen molar-refractivity contribution in [2.24, 2.45) is 0 Å². The normalized spacial score (nSPS) is 22.7. The van der Waals surface area contributed by atoms with Gasteiger partial charge < -0.3 is 25.3 Å². The second kappa shape index (κ2) is 5.67. The molecule has 102 valence electrons. The van der Waals surface area contributed by atoms with Crippen molar-refractivity contribution in [1.82, 2.24) is 15.1 Å². The Morgan fingerprint density at radius 1 is 1.44 bits per heavy atom. The highest BCUT2D eigenvalue weighted by Crippen LogP contribution is 2.19. The first kappa shape index (κ1) is 14.2. The number of carboxylic acids is 1. The standard InChI is InChI=1S/C10H17N3O5/c1-11-8(15)5-12(2)10(18)13-4-6(14)3-7(13)9(16)17/h6-7,14H,3-5H2,1-2H3,(H,11,15)(H,16,17). The van der Waals surface area contributed by atoms with E-state index in [-0.39, 0.29) is 25.4 Å². The number of β-amino-alcohol motifs (C(OH)–C–C–N with tert-alkyl or cyclic N) is 1. The molecular weight excluding hydrogens is 242 g/mol. The molecule has 2 unspecified atom stereocenters. The lowest BCUT2D eigenvalue weighted by atomic mass is 10.2. The summed E-state index contributed by atoms with van der Waals surface area (Å²) in [6.07, 6.45) is -0.835. The van der Waals surface area contributed by atoms with Crippen molar-refractivity contribution in [3.8, 4) is 0 Å². The molecule has 1 aliphatic rings.